The predicted molar refractivity (Wildman–Crippen MR) is 75.6 cm³/mol. The molecule has 0 saturated heterocycles. The summed E-state index contributed by atoms with van der Waals surface area (Å²) in [5, 5.41) is 9.39. The molecule has 4 heteroatoms. The highest BCUT2D eigenvalue weighted by atomic mass is 19.2. The number of benzene rings is 2. The highest BCUT2D eigenvalue weighted by Gasteiger charge is 2.13. The van der Waals surface area contributed by atoms with Crippen molar-refractivity contribution in [3.05, 3.63) is 53.6 Å². The first-order valence-corrected chi connectivity index (χ1v) is 6.35. The lowest BCUT2D eigenvalue weighted by atomic mass is 9.99. The van der Waals surface area contributed by atoms with Gasteiger partial charge >= 0.3 is 0 Å². The standard InChI is InChI=1S/C16H17F2NO/c1-10(19(2)3)11-5-4-6-12(7-11)13-8-14(17)16(18)15(20)9-13/h4-10,20H,1-3H3/t10-/m0/s1. The largest absolute Gasteiger partial charge is 0.505 e. The van der Waals surface area contributed by atoms with Crippen molar-refractivity contribution in [2.75, 3.05) is 14.1 Å². The Labute approximate surface area is 117 Å². The van der Waals surface area contributed by atoms with Crippen molar-refractivity contribution in [1.82, 2.24) is 4.90 Å². The van der Waals surface area contributed by atoms with Gasteiger partial charge in [0, 0.05) is 6.04 Å². The van der Waals surface area contributed by atoms with Crippen molar-refractivity contribution >= 4 is 0 Å². The highest BCUT2D eigenvalue weighted by Crippen LogP contribution is 2.30. The van der Waals surface area contributed by atoms with Gasteiger partial charge in [0.15, 0.2) is 17.4 Å². The summed E-state index contributed by atoms with van der Waals surface area (Å²) in [6.45, 7) is 2.06. The first kappa shape index (κ1) is 14.5. The lowest BCUT2D eigenvalue weighted by Crippen LogP contribution is -2.16. The lowest BCUT2D eigenvalue weighted by molar-refractivity contribution is 0.321. The van der Waals surface area contributed by atoms with E-state index in [0.29, 0.717) is 5.56 Å². The number of rotatable bonds is 3. The van der Waals surface area contributed by atoms with Crippen molar-refractivity contribution < 1.29 is 13.9 Å². The van der Waals surface area contributed by atoms with E-state index < -0.39 is 17.4 Å². The zero-order chi connectivity index (χ0) is 14.9. The van der Waals surface area contributed by atoms with Crippen LogP contribution in [0.5, 0.6) is 5.75 Å². The van der Waals surface area contributed by atoms with Crippen molar-refractivity contribution in [2.45, 2.75) is 13.0 Å². The van der Waals surface area contributed by atoms with E-state index in [1.165, 1.54) is 6.07 Å². The van der Waals surface area contributed by atoms with Crippen molar-refractivity contribution in [3.63, 3.8) is 0 Å². The van der Waals surface area contributed by atoms with E-state index in [4.69, 9.17) is 0 Å². The topological polar surface area (TPSA) is 23.5 Å². The van der Waals surface area contributed by atoms with Crippen molar-refractivity contribution in [1.29, 1.82) is 0 Å². The summed E-state index contributed by atoms with van der Waals surface area (Å²) in [5.41, 5.74) is 2.26. The maximum atomic E-state index is 13.4. The average Bonchev–Trinajstić information content (AvgIpc) is 2.43. The van der Waals surface area contributed by atoms with Crippen LogP contribution in [0.25, 0.3) is 11.1 Å². The fraction of sp³-hybridized carbons (Fsp3) is 0.250. The van der Waals surface area contributed by atoms with E-state index in [1.807, 2.05) is 32.3 Å². The van der Waals surface area contributed by atoms with Gasteiger partial charge in [0.25, 0.3) is 0 Å². The summed E-state index contributed by atoms with van der Waals surface area (Å²) in [7, 11) is 3.95. The molecule has 0 radical (unpaired) electrons. The molecule has 0 fully saturated rings. The Morgan fingerprint density at radius 2 is 1.75 bits per heavy atom. The van der Waals surface area contributed by atoms with Gasteiger partial charge < -0.3 is 10.0 Å². The number of nitrogens with zero attached hydrogens (tertiary/aromatic N) is 1. The Bertz CT molecular complexity index is 603. The maximum absolute atomic E-state index is 13.4. The predicted octanol–water partition coefficient (Wildman–Crippen LogP) is 3.96. The molecular weight excluding hydrogens is 260 g/mol. The van der Waals surface area contributed by atoms with E-state index in [0.717, 1.165) is 17.2 Å². The van der Waals surface area contributed by atoms with Gasteiger partial charge in [-0.05, 0) is 55.9 Å². The Hall–Kier alpha value is -1.94. The second kappa shape index (κ2) is 5.59. The molecule has 0 aliphatic carbocycles. The molecule has 2 aromatic carbocycles. The highest BCUT2D eigenvalue weighted by molar-refractivity contribution is 5.66. The molecule has 0 heterocycles. The van der Waals surface area contributed by atoms with Gasteiger partial charge in [0.05, 0.1) is 0 Å². The molecule has 0 unspecified atom stereocenters. The summed E-state index contributed by atoms with van der Waals surface area (Å²) in [4.78, 5) is 2.06. The number of halogens is 2. The van der Waals surface area contributed by atoms with Crippen LogP contribution in [0, 0.1) is 11.6 Å². The quantitative estimate of drug-likeness (QED) is 0.918. The molecule has 0 aliphatic rings. The van der Waals surface area contributed by atoms with Crippen LogP contribution in [0.4, 0.5) is 8.78 Å². The number of hydrogen-bond acceptors (Lipinski definition) is 2. The molecule has 20 heavy (non-hydrogen) atoms. The minimum Gasteiger partial charge on any atom is -0.505 e. The number of phenolic OH excluding ortho intramolecular Hbond substituents is 1. The normalized spacial score (nSPS) is 12.7. The Balaban J connectivity index is 2.46. The van der Waals surface area contributed by atoms with Gasteiger partial charge in [0.1, 0.15) is 0 Å². The summed E-state index contributed by atoms with van der Waals surface area (Å²) in [6, 6.07) is 10.1. The number of hydrogen-bond donors (Lipinski definition) is 1. The second-order valence-electron chi connectivity index (χ2n) is 5.06. The van der Waals surface area contributed by atoms with E-state index in [9.17, 15) is 13.9 Å². The summed E-state index contributed by atoms with van der Waals surface area (Å²) in [5.74, 6) is -2.94. The smallest absolute Gasteiger partial charge is 0.200 e. The third kappa shape index (κ3) is 2.80. The fourth-order valence-electron chi connectivity index (χ4n) is 2.02. The van der Waals surface area contributed by atoms with E-state index in [2.05, 4.69) is 11.8 Å². The summed E-state index contributed by atoms with van der Waals surface area (Å²) >= 11 is 0. The Morgan fingerprint density at radius 1 is 1.05 bits per heavy atom. The first-order chi connectivity index (χ1) is 9.40. The lowest BCUT2D eigenvalue weighted by Gasteiger charge is -2.20. The average molecular weight is 277 g/mol. The zero-order valence-corrected chi connectivity index (χ0v) is 11.7. The molecule has 1 N–H and O–H groups in total. The third-order valence-electron chi connectivity index (χ3n) is 3.49. The molecular formula is C16H17F2NO. The first-order valence-electron chi connectivity index (χ1n) is 6.35. The van der Waals surface area contributed by atoms with Crippen LogP contribution in [0.2, 0.25) is 0 Å². The van der Waals surface area contributed by atoms with Gasteiger partial charge in [-0.2, -0.15) is 4.39 Å². The molecule has 0 spiro atoms. The van der Waals surface area contributed by atoms with Gasteiger partial charge in [0.2, 0.25) is 0 Å². The number of aromatic hydroxyl groups is 1. The summed E-state index contributed by atoms with van der Waals surface area (Å²) in [6.07, 6.45) is 0. The minimum absolute atomic E-state index is 0.203. The molecule has 1 atom stereocenters. The number of phenols is 1. The molecule has 0 amide bonds. The molecule has 0 saturated carbocycles. The van der Waals surface area contributed by atoms with Crippen molar-refractivity contribution in [3.8, 4) is 16.9 Å². The summed E-state index contributed by atoms with van der Waals surface area (Å²) < 4.78 is 26.5. The molecule has 2 nitrogen and oxygen atoms in total. The van der Waals surface area contributed by atoms with Crippen LogP contribution < -0.4 is 0 Å². The van der Waals surface area contributed by atoms with Gasteiger partial charge in [-0.1, -0.05) is 18.2 Å². The Kier molecular flexibility index (Phi) is 4.04. The van der Waals surface area contributed by atoms with Crippen LogP contribution in [0.3, 0.4) is 0 Å². The Morgan fingerprint density at radius 3 is 2.35 bits per heavy atom. The second-order valence-corrected chi connectivity index (χ2v) is 5.06. The van der Waals surface area contributed by atoms with E-state index in [1.54, 1.807) is 6.07 Å². The van der Waals surface area contributed by atoms with Crippen LogP contribution in [0.1, 0.15) is 18.5 Å². The van der Waals surface area contributed by atoms with Gasteiger partial charge in [-0.15, -0.1) is 0 Å². The van der Waals surface area contributed by atoms with E-state index >= 15 is 0 Å². The zero-order valence-electron chi connectivity index (χ0n) is 11.7. The molecule has 2 rings (SSSR count). The van der Waals surface area contributed by atoms with Gasteiger partial charge in [-0.25, -0.2) is 4.39 Å². The molecule has 106 valence electrons. The molecule has 0 bridgehead atoms. The minimum atomic E-state index is -1.22. The van der Waals surface area contributed by atoms with E-state index in [-0.39, 0.29) is 6.04 Å². The third-order valence-corrected chi connectivity index (χ3v) is 3.49. The maximum Gasteiger partial charge on any atom is 0.200 e. The molecule has 0 aromatic heterocycles. The van der Waals surface area contributed by atoms with Crippen LogP contribution in [-0.4, -0.2) is 24.1 Å². The van der Waals surface area contributed by atoms with Crippen LogP contribution in [0.15, 0.2) is 36.4 Å². The van der Waals surface area contributed by atoms with Crippen LogP contribution in [-0.2, 0) is 0 Å². The van der Waals surface area contributed by atoms with Crippen LogP contribution >= 0.6 is 0 Å². The van der Waals surface area contributed by atoms with Crippen molar-refractivity contribution in [2.24, 2.45) is 0 Å². The SMILES string of the molecule is C[C@@H](c1cccc(-c2cc(O)c(F)c(F)c2)c1)N(C)C. The van der Waals surface area contributed by atoms with Gasteiger partial charge in [-0.3, -0.25) is 0 Å². The molecule has 2 aromatic rings. The monoisotopic (exact) mass is 277 g/mol. The molecule has 0 aliphatic heterocycles. The fourth-order valence-corrected chi connectivity index (χ4v) is 2.02.